The van der Waals surface area contributed by atoms with Crippen LogP contribution in [0.2, 0.25) is 0 Å². The molecule has 1 aliphatic rings. The lowest BCUT2D eigenvalue weighted by Gasteiger charge is -2.38. The van der Waals surface area contributed by atoms with Crippen molar-refractivity contribution in [3.05, 3.63) is 59.9 Å². The molecule has 1 aliphatic heterocycles. The first-order chi connectivity index (χ1) is 13.0. The number of hydrogen-bond acceptors (Lipinski definition) is 4. The highest BCUT2D eigenvalue weighted by Gasteiger charge is 2.37. The maximum atomic E-state index is 13.0. The predicted octanol–water partition coefficient (Wildman–Crippen LogP) is 3.48. The predicted molar refractivity (Wildman–Crippen MR) is 96.7 cm³/mol. The summed E-state index contributed by atoms with van der Waals surface area (Å²) in [4.78, 5) is 3.59. The average Bonchev–Trinajstić information content (AvgIpc) is 3.13. The minimum absolute atomic E-state index is 0.0812. The third kappa shape index (κ3) is 3.49. The maximum Gasteiger partial charge on any atom is 0.453 e. The Hall–Kier alpha value is -2.61. The zero-order valence-electron chi connectivity index (χ0n) is 14.6. The molecule has 2 aromatic heterocycles. The molecule has 1 saturated heterocycles. The standard InChI is InChI=1S/C19H20F3N5/c20-19(21,22)17-25-16-8-4-7-15(27(16)26-17)24-13-18(9-11-23-12-10-18)14-5-2-1-3-6-14/h1-8,23-24H,9-13H2. The van der Waals surface area contributed by atoms with Gasteiger partial charge >= 0.3 is 6.18 Å². The molecule has 0 radical (unpaired) electrons. The number of hydrogen-bond donors (Lipinski definition) is 2. The smallest absolute Gasteiger partial charge is 0.369 e. The number of benzene rings is 1. The van der Waals surface area contributed by atoms with Gasteiger partial charge in [0.15, 0.2) is 5.65 Å². The van der Waals surface area contributed by atoms with Crippen LogP contribution in [0.25, 0.3) is 5.65 Å². The molecule has 27 heavy (non-hydrogen) atoms. The molecule has 1 fully saturated rings. The number of halogens is 3. The summed E-state index contributed by atoms with van der Waals surface area (Å²) in [5.74, 6) is -0.624. The average molecular weight is 375 g/mol. The van der Waals surface area contributed by atoms with Crippen molar-refractivity contribution < 1.29 is 13.2 Å². The van der Waals surface area contributed by atoms with Crippen molar-refractivity contribution in [2.24, 2.45) is 0 Å². The van der Waals surface area contributed by atoms with Crippen LogP contribution in [0.5, 0.6) is 0 Å². The van der Waals surface area contributed by atoms with E-state index in [1.807, 2.05) is 18.2 Å². The fourth-order valence-electron chi connectivity index (χ4n) is 3.68. The van der Waals surface area contributed by atoms with Gasteiger partial charge in [-0.1, -0.05) is 36.4 Å². The van der Waals surface area contributed by atoms with Crippen LogP contribution in [0.3, 0.4) is 0 Å². The lowest BCUT2D eigenvalue weighted by atomic mass is 9.73. The number of piperidine rings is 1. The number of rotatable bonds is 4. The molecule has 0 atom stereocenters. The Morgan fingerprint density at radius 1 is 1.04 bits per heavy atom. The first kappa shape index (κ1) is 17.8. The molecule has 2 N–H and O–H groups in total. The number of aromatic nitrogens is 3. The van der Waals surface area contributed by atoms with Gasteiger partial charge < -0.3 is 10.6 Å². The van der Waals surface area contributed by atoms with Crippen molar-refractivity contribution in [1.82, 2.24) is 19.9 Å². The van der Waals surface area contributed by atoms with Crippen molar-refractivity contribution in [3.63, 3.8) is 0 Å². The van der Waals surface area contributed by atoms with Gasteiger partial charge in [0.1, 0.15) is 5.82 Å². The largest absolute Gasteiger partial charge is 0.453 e. The van der Waals surface area contributed by atoms with Crippen LogP contribution in [-0.2, 0) is 11.6 Å². The van der Waals surface area contributed by atoms with Crippen LogP contribution in [0, 0.1) is 0 Å². The van der Waals surface area contributed by atoms with E-state index in [1.54, 1.807) is 12.1 Å². The summed E-state index contributed by atoms with van der Waals surface area (Å²) in [6, 6.07) is 15.2. The van der Waals surface area contributed by atoms with Gasteiger partial charge in [-0.05, 0) is 43.6 Å². The second kappa shape index (κ2) is 6.84. The molecule has 4 rings (SSSR count). The molecule has 5 nitrogen and oxygen atoms in total. The van der Waals surface area contributed by atoms with Gasteiger partial charge in [-0.2, -0.15) is 17.7 Å². The third-order valence-corrected chi connectivity index (χ3v) is 5.17. The van der Waals surface area contributed by atoms with Gasteiger partial charge in [-0.3, -0.25) is 0 Å². The van der Waals surface area contributed by atoms with Gasteiger partial charge in [0.2, 0.25) is 0 Å². The Morgan fingerprint density at radius 2 is 1.78 bits per heavy atom. The Labute approximate surface area is 154 Å². The molecule has 8 heteroatoms. The highest BCUT2D eigenvalue weighted by Crippen LogP contribution is 2.34. The quantitative estimate of drug-likeness (QED) is 0.733. The lowest BCUT2D eigenvalue weighted by molar-refractivity contribution is -0.144. The molecule has 142 valence electrons. The normalized spacial score (nSPS) is 17.1. The van der Waals surface area contributed by atoms with Crippen molar-refractivity contribution in [2.45, 2.75) is 24.4 Å². The van der Waals surface area contributed by atoms with E-state index in [9.17, 15) is 13.2 Å². The number of nitrogens with one attached hydrogen (secondary N) is 2. The third-order valence-electron chi connectivity index (χ3n) is 5.17. The van der Waals surface area contributed by atoms with Crippen molar-refractivity contribution >= 4 is 11.5 Å². The number of fused-ring (bicyclic) bond motifs is 1. The number of alkyl halides is 3. The Morgan fingerprint density at radius 3 is 2.48 bits per heavy atom. The zero-order valence-corrected chi connectivity index (χ0v) is 14.6. The van der Waals surface area contributed by atoms with Crippen LogP contribution < -0.4 is 10.6 Å². The fraction of sp³-hybridized carbons (Fsp3) is 0.368. The minimum Gasteiger partial charge on any atom is -0.369 e. The molecule has 1 aromatic carbocycles. The van der Waals surface area contributed by atoms with E-state index in [-0.39, 0.29) is 11.1 Å². The molecule has 0 saturated carbocycles. The van der Waals surface area contributed by atoms with Crippen molar-refractivity contribution in [1.29, 1.82) is 0 Å². The van der Waals surface area contributed by atoms with Crippen LogP contribution in [0.4, 0.5) is 19.0 Å². The molecule has 3 heterocycles. The van der Waals surface area contributed by atoms with E-state index >= 15 is 0 Å². The minimum atomic E-state index is -4.57. The Kier molecular flexibility index (Phi) is 4.51. The van der Waals surface area contributed by atoms with Crippen LogP contribution in [0.15, 0.2) is 48.5 Å². The summed E-state index contributed by atoms with van der Waals surface area (Å²) in [7, 11) is 0. The highest BCUT2D eigenvalue weighted by molar-refractivity contribution is 5.49. The van der Waals surface area contributed by atoms with Crippen molar-refractivity contribution in [2.75, 3.05) is 25.0 Å². The van der Waals surface area contributed by atoms with Gasteiger partial charge in [-0.15, -0.1) is 5.10 Å². The number of anilines is 1. The van der Waals surface area contributed by atoms with Gasteiger partial charge in [0, 0.05) is 12.0 Å². The van der Waals surface area contributed by atoms with Crippen LogP contribution in [0.1, 0.15) is 24.2 Å². The topological polar surface area (TPSA) is 54.2 Å². The summed E-state index contributed by atoms with van der Waals surface area (Å²) < 4.78 is 40.1. The Bertz CT molecular complexity index is 914. The van der Waals surface area contributed by atoms with E-state index < -0.39 is 12.0 Å². The molecule has 0 unspecified atom stereocenters. The van der Waals surface area contributed by atoms with Crippen LogP contribution >= 0.6 is 0 Å². The van der Waals surface area contributed by atoms with Gasteiger partial charge in [-0.25, -0.2) is 4.98 Å². The molecule has 3 aromatic rings. The SMILES string of the molecule is FC(F)(F)c1nc2cccc(NCC3(c4ccccc4)CCNCC3)n2n1. The van der Waals surface area contributed by atoms with E-state index in [1.165, 1.54) is 16.1 Å². The molecule has 0 bridgehead atoms. The van der Waals surface area contributed by atoms with Crippen molar-refractivity contribution in [3.8, 4) is 0 Å². The molecule has 0 amide bonds. The first-order valence-corrected chi connectivity index (χ1v) is 8.91. The number of pyridine rings is 1. The summed E-state index contributed by atoms with van der Waals surface area (Å²) in [5, 5.41) is 10.4. The lowest BCUT2D eigenvalue weighted by Crippen LogP contribution is -2.44. The second-order valence-electron chi connectivity index (χ2n) is 6.86. The molecular formula is C19H20F3N5. The monoisotopic (exact) mass is 375 g/mol. The first-order valence-electron chi connectivity index (χ1n) is 8.91. The van der Waals surface area contributed by atoms with E-state index in [2.05, 4.69) is 32.8 Å². The van der Waals surface area contributed by atoms with E-state index in [0.29, 0.717) is 12.4 Å². The van der Waals surface area contributed by atoms with Gasteiger partial charge in [0.25, 0.3) is 5.82 Å². The van der Waals surface area contributed by atoms with E-state index in [0.717, 1.165) is 25.9 Å². The fourth-order valence-corrected chi connectivity index (χ4v) is 3.68. The van der Waals surface area contributed by atoms with Gasteiger partial charge in [0.05, 0.1) is 0 Å². The summed E-state index contributed by atoms with van der Waals surface area (Å²) >= 11 is 0. The maximum absolute atomic E-state index is 13.0. The Balaban J connectivity index is 1.64. The molecule has 0 aliphatic carbocycles. The highest BCUT2D eigenvalue weighted by atomic mass is 19.4. The molecule has 0 spiro atoms. The second-order valence-corrected chi connectivity index (χ2v) is 6.86. The van der Waals surface area contributed by atoms with Crippen LogP contribution in [-0.4, -0.2) is 34.2 Å². The number of nitrogens with zero attached hydrogens (tertiary/aromatic N) is 3. The zero-order chi connectivity index (χ0) is 18.9. The summed E-state index contributed by atoms with van der Waals surface area (Å²) in [6.45, 7) is 2.42. The summed E-state index contributed by atoms with van der Waals surface area (Å²) in [6.07, 6.45) is -2.67. The summed E-state index contributed by atoms with van der Waals surface area (Å²) in [5.41, 5.74) is 1.33. The van der Waals surface area contributed by atoms with E-state index in [4.69, 9.17) is 0 Å². The molecular weight excluding hydrogens is 355 g/mol.